The van der Waals surface area contributed by atoms with Gasteiger partial charge in [0.25, 0.3) is 0 Å². The van der Waals surface area contributed by atoms with Gasteiger partial charge in [-0.05, 0) is 49.7 Å². The fourth-order valence-electron chi connectivity index (χ4n) is 1.67. The molecule has 0 N–H and O–H groups in total. The van der Waals surface area contributed by atoms with Gasteiger partial charge in [-0.1, -0.05) is 22.0 Å². The van der Waals surface area contributed by atoms with Crippen LogP contribution in [0.2, 0.25) is 0 Å². The Labute approximate surface area is 119 Å². The van der Waals surface area contributed by atoms with E-state index in [9.17, 15) is 9.18 Å². The number of carbonyl (C=O) groups is 1. The standard InChI is InChI=1S/C15H12BrFO2/c1-9-3-4-11(16)7-15(9)19-14-6-5-12(17)8-13(14)10(2)18/h3-8H,1-2H3. The van der Waals surface area contributed by atoms with Gasteiger partial charge in [0.05, 0.1) is 5.56 Å². The van der Waals surface area contributed by atoms with Crippen molar-refractivity contribution in [3.63, 3.8) is 0 Å². The molecule has 98 valence electrons. The summed E-state index contributed by atoms with van der Waals surface area (Å²) in [5.74, 6) is 0.296. The van der Waals surface area contributed by atoms with Crippen molar-refractivity contribution in [1.82, 2.24) is 0 Å². The highest BCUT2D eigenvalue weighted by molar-refractivity contribution is 9.10. The van der Waals surface area contributed by atoms with Gasteiger partial charge >= 0.3 is 0 Å². The first-order chi connectivity index (χ1) is 8.97. The number of aryl methyl sites for hydroxylation is 1. The molecule has 0 heterocycles. The molecule has 0 saturated carbocycles. The van der Waals surface area contributed by atoms with Crippen molar-refractivity contribution in [3.05, 3.63) is 57.8 Å². The summed E-state index contributed by atoms with van der Waals surface area (Å²) in [4.78, 5) is 11.5. The lowest BCUT2D eigenvalue weighted by molar-refractivity contribution is 0.101. The first-order valence-corrected chi connectivity index (χ1v) is 6.51. The Morgan fingerprint density at radius 1 is 1.16 bits per heavy atom. The van der Waals surface area contributed by atoms with Crippen LogP contribution in [0, 0.1) is 12.7 Å². The fraction of sp³-hybridized carbons (Fsp3) is 0.133. The van der Waals surface area contributed by atoms with Crippen LogP contribution in [0.1, 0.15) is 22.8 Å². The number of halogens is 2. The number of hydrogen-bond acceptors (Lipinski definition) is 2. The van der Waals surface area contributed by atoms with E-state index in [1.54, 1.807) is 0 Å². The quantitative estimate of drug-likeness (QED) is 0.752. The number of ketones is 1. The summed E-state index contributed by atoms with van der Waals surface area (Å²) in [7, 11) is 0. The SMILES string of the molecule is CC(=O)c1cc(F)ccc1Oc1cc(Br)ccc1C. The van der Waals surface area contributed by atoms with Crippen LogP contribution in [-0.4, -0.2) is 5.78 Å². The number of hydrogen-bond donors (Lipinski definition) is 0. The van der Waals surface area contributed by atoms with Crippen LogP contribution in [0.15, 0.2) is 40.9 Å². The molecule has 19 heavy (non-hydrogen) atoms. The van der Waals surface area contributed by atoms with E-state index in [2.05, 4.69) is 15.9 Å². The third-order valence-electron chi connectivity index (χ3n) is 2.69. The van der Waals surface area contributed by atoms with E-state index >= 15 is 0 Å². The second-order valence-electron chi connectivity index (χ2n) is 4.21. The molecule has 0 fully saturated rings. The second kappa shape index (κ2) is 5.53. The van der Waals surface area contributed by atoms with Gasteiger partial charge in [-0.15, -0.1) is 0 Å². The number of ether oxygens (including phenoxy) is 1. The third kappa shape index (κ3) is 3.20. The van der Waals surface area contributed by atoms with Gasteiger partial charge in [0.2, 0.25) is 0 Å². The lowest BCUT2D eigenvalue weighted by Gasteiger charge is -2.12. The first-order valence-electron chi connectivity index (χ1n) is 5.72. The summed E-state index contributed by atoms with van der Waals surface area (Å²) in [6.07, 6.45) is 0. The Kier molecular flexibility index (Phi) is 4.00. The lowest BCUT2D eigenvalue weighted by Crippen LogP contribution is -1.98. The summed E-state index contributed by atoms with van der Waals surface area (Å²) >= 11 is 3.36. The molecule has 0 aliphatic rings. The zero-order valence-electron chi connectivity index (χ0n) is 10.5. The van der Waals surface area contributed by atoms with Crippen molar-refractivity contribution in [2.45, 2.75) is 13.8 Å². The van der Waals surface area contributed by atoms with Gasteiger partial charge in [0, 0.05) is 4.47 Å². The molecule has 0 aliphatic carbocycles. The van der Waals surface area contributed by atoms with Gasteiger partial charge in [-0.25, -0.2) is 4.39 Å². The van der Waals surface area contributed by atoms with Crippen molar-refractivity contribution in [1.29, 1.82) is 0 Å². The number of carbonyl (C=O) groups excluding carboxylic acids is 1. The van der Waals surface area contributed by atoms with Crippen LogP contribution in [0.5, 0.6) is 11.5 Å². The summed E-state index contributed by atoms with van der Waals surface area (Å²) < 4.78 is 19.8. The zero-order chi connectivity index (χ0) is 14.0. The number of rotatable bonds is 3. The van der Waals surface area contributed by atoms with Gasteiger partial charge < -0.3 is 4.74 Å². The van der Waals surface area contributed by atoms with Crippen LogP contribution >= 0.6 is 15.9 Å². The van der Waals surface area contributed by atoms with Gasteiger partial charge in [0.1, 0.15) is 17.3 Å². The predicted octanol–water partition coefficient (Wildman–Crippen LogP) is 4.89. The van der Waals surface area contributed by atoms with E-state index in [1.165, 1.54) is 25.1 Å². The largest absolute Gasteiger partial charge is 0.456 e. The molecule has 0 amide bonds. The summed E-state index contributed by atoms with van der Waals surface area (Å²) in [5, 5.41) is 0. The van der Waals surface area contributed by atoms with E-state index in [4.69, 9.17) is 4.74 Å². The summed E-state index contributed by atoms with van der Waals surface area (Å²) in [6.45, 7) is 3.29. The summed E-state index contributed by atoms with van der Waals surface area (Å²) in [6, 6.07) is 9.53. The maximum atomic E-state index is 13.2. The van der Waals surface area contributed by atoms with Crippen molar-refractivity contribution in [3.8, 4) is 11.5 Å². The van der Waals surface area contributed by atoms with Crippen LogP contribution < -0.4 is 4.74 Å². The predicted molar refractivity (Wildman–Crippen MR) is 75.4 cm³/mol. The fourth-order valence-corrected chi connectivity index (χ4v) is 2.01. The molecule has 2 aromatic carbocycles. The van der Waals surface area contributed by atoms with Gasteiger partial charge in [0.15, 0.2) is 5.78 Å². The Bertz CT molecular complexity index is 638. The van der Waals surface area contributed by atoms with E-state index in [0.29, 0.717) is 11.5 Å². The first kappa shape index (κ1) is 13.7. The topological polar surface area (TPSA) is 26.3 Å². The molecular formula is C15H12BrFO2. The molecule has 0 atom stereocenters. The molecule has 4 heteroatoms. The highest BCUT2D eigenvalue weighted by Crippen LogP contribution is 2.30. The van der Waals surface area contributed by atoms with Crippen molar-refractivity contribution < 1.29 is 13.9 Å². The summed E-state index contributed by atoms with van der Waals surface area (Å²) in [5.41, 5.74) is 1.17. The van der Waals surface area contributed by atoms with E-state index < -0.39 is 5.82 Å². The minimum Gasteiger partial charge on any atom is -0.456 e. The Morgan fingerprint density at radius 3 is 2.58 bits per heavy atom. The Morgan fingerprint density at radius 2 is 1.89 bits per heavy atom. The van der Waals surface area contributed by atoms with Crippen LogP contribution in [0.4, 0.5) is 4.39 Å². The van der Waals surface area contributed by atoms with Gasteiger partial charge in [-0.3, -0.25) is 4.79 Å². The molecule has 0 aromatic heterocycles. The highest BCUT2D eigenvalue weighted by Gasteiger charge is 2.12. The normalized spacial score (nSPS) is 10.3. The lowest BCUT2D eigenvalue weighted by atomic mass is 10.1. The smallest absolute Gasteiger partial charge is 0.163 e. The molecule has 0 saturated heterocycles. The monoisotopic (exact) mass is 322 g/mol. The van der Waals surface area contributed by atoms with E-state index in [-0.39, 0.29) is 11.3 Å². The van der Waals surface area contributed by atoms with Crippen molar-refractivity contribution in [2.75, 3.05) is 0 Å². The van der Waals surface area contributed by atoms with Crippen molar-refractivity contribution >= 4 is 21.7 Å². The maximum absolute atomic E-state index is 13.2. The second-order valence-corrected chi connectivity index (χ2v) is 5.12. The molecule has 0 bridgehead atoms. The Hall–Kier alpha value is -1.68. The van der Waals surface area contributed by atoms with Crippen molar-refractivity contribution in [2.24, 2.45) is 0 Å². The number of benzene rings is 2. The van der Waals surface area contributed by atoms with Crippen LogP contribution in [0.25, 0.3) is 0 Å². The number of Topliss-reactive ketones (excluding diaryl/α,β-unsaturated/α-hetero) is 1. The average Bonchev–Trinajstić information content (AvgIpc) is 2.35. The van der Waals surface area contributed by atoms with E-state index in [0.717, 1.165) is 10.0 Å². The molecule has 0 unspecified atom stereocenters. The van der Waals surface area contributed by atoms with Crippen LogP contribution in [-0.2, 0) is 0 Å². The Balaban J connectivity index is 2.43. The molecular weight excluding hydrogens is 311 g/mol. The third-order valence-corrected chi connectivity index (χ3v) is 3.18. The minimum atomic E-state index is -0.455. The average molecular weight is 323 g/mol. The van der Waals surface area contributed by atoms with Gasteiger partial charge in [-0.2, -0.15) is 0 Å². The maximum Gasteiger partial charge on any atom is 0.163 e. The minimum absolute atomic E-state index is 0.234. The van der Waals surface area contributed by atoms with Crippen LogP contribution in [0.3, 0.4) is 0 Å². The van der Waals surface area contributed by atoms with E-state index in [1.807, 2.05) is 25.1 Å². The molecule has 0 radical (unpaired) electrons. The molecule has 0 spiro atoms. The highest BCUT2D eigenvalue weighted by atomic mass is 79.9. The molecule has 2 rings (SSSR count). The molecule has 2 aromatic rings. The molecule has 2 nitrogen and oxygen atoms in total. The zero-order valence-corrected chi connectivity index (χ0v) is 12.1. The molecule has 0 aliphatic heterocycles.